The zero-order chi connectivity index (χ0) is 20.8. The van der Waals surface area contributed by atoms with Crippen LogP contribution in [0.1, 0.15) is 35.3 Å². The maximum absolute atomic E-state index is 12.4. The summed E-state index contributed by atoms with van der Waals surface area (Å²) in [4.78, 5) is 23.3. The summed E-state index contributed by atoms with van der Waals surface area (Å²) >= 11 is 0. The summed E-state index contributed by atoms with van der Waals surface area (Å²) in [7, 11) is 0. The molecule has 0 unspecified atom stereocenters. The zero-order valence-electron chi connectivity index (χ0n) is 17.4. The molecule has 150 valence electrons. The van der Waals surface area contributed by atoms with Gasteiger partial charge in [0.25, 0.3) is 5.91 Å². The number of aryl methyl sites for hydroxylation is 2. The van der Waals surface area contributed by atoms with Gasteiger partial charge in [-0.3, -0.25) is 4.79 Å². The summed E-state index contributed by atoms with van der Waals surface area (Å²) < 4.78 is 0. The highest BCUT2D eigenvalue weighted by molar-refractivity contribution is 6.04. The Hall–Kier alpha value is -3.41. The summed E-state index contributed by atoms with van der Waals surface area (Å²) in [5.74, 6) is 0.224. The maximum Gasteiger partial charge on any atom is 0.258 e. The van der Waals surface area contributed by atoms with Gasteiger partial charge in [0.15, 0.2) is 0 Å². The van der Waals surface area contributed by atoms with Gasteiger partial charge in [-0.25, -0.2) is 9.97 Å². The van der Waals surface area contributed by atoms with Crippen LogP contribution in [0.5, 0.6) is 0 Å². The van der Waals surface area contributed by atoms with E-state index in [4.69, 9.17) is 0 Å². The predicted octanol–water partition coefficient (Wildman–Crippen LogP) is 4.94. The first kappa shape index (κ1) is 20.3. The molecule has 0 aliphatic heterocycles. The molecule has 0 saturated carbocycles. The van der Waals surface area contributed by atoms with Crippen molar-refractivity contribution in [1.29, 1.82) is 0 Å². The molecule has 0 bridgehead atoms. The van der Waals surface area contributed by atoms with Crippen molar-refractivity contribution in [2.75, 3.05) is 28.6 Å². The highest BCUT2D eigenvalue weighted by atomic mass is 16.1. The van der Waals surface area contributed by atoms with Gasteiger partial charge < -0.3 is 15.5 Å². The number of aromatic nitrogens is 2. The first-order valence-corrected chi connectivity index (χ1v) is 9.83. The van der Waals surface area contributed by atoms with Crippen molar-refractivity contribution < 1.29 is 4.79 Å². The van der Waals surface area contributed by atoms with Crippen LogP contribution in [0.2, 0.25) is 0 Å². The molecule has 0 fully saturated rings. The molecule has 3 rings (SSSR count). The van der Waals surface area contributed by atoms with Crippen LogP contribution >= 0.6 is 0 Å². The number of nitrogens with zero attached hydrogens (tertiary/aromatic N) is 3. The minimum Gasteiger partial charge on any atom is -0.372 e. The molecule has 6 nitrogen and oxygen atoms in total. The van der Waals surface area contributed by atoms with E-state index >= 15 is 0 Å². The highest BCUT2D eigenvalue weighted by Crippen LogP contribution is 2.24. The van der Waals surface area contributed by atoms with Crippen LogP contribution in [-0.2, 0) is 0 Å². The van der Waals surface area contributed by atoms with Crippen LogP contribution in [0.15, 0.2) is 54.9 Å². The Morgan fingerprint density at radius 2 is 1.62 bits per heavy atom. The lowest BCUT2D eigenvalue weighted by molar-refractivity contribution is 0.102. The fourth-order valence-electron chi connectivity index (χ4n) is 3.11. The SMILES string of the molecule is CCN(CC)c1ccc(Nc2ncc(C(=O)Nc3ccccc3C)cn2)c(C)c1. The van der Waals surface area contributed by atoms with E-state index in [1.807, 2.05) is 37.3 Å². The van der Waals surface area contributed by atoms with Crippen LogP contribution in [0.3, 0.4) is 0 Å². The minimum absolute atomic E-state index is 0.231. The molecule has 1 amide bonds. The van der Waals surface area contributed by atoms with Crippen LogP contribution in [0.25, 0.3) is 0 Å². The Morgan fingerprint density at radius 3 is 2.24 bits per heavy atom. The predicted molar refractivity (Wildman–Crippen MR) is 119 cm³/mol. The van der Waals surface area contributed by atoms with Crippen LogP contribution in [0.4, 0.5) is 23.0 Å². The van der Waals surface area contributed by atoms with E-state index in [0.29, 0.717) is 11.5 Å². The maximum atomic E-state index is 12.4. The minimum atomic E-state index is -0.231. The number of hydrogen-bond acceptors (Lipinski definition) is 5. The van der Waals surface area contributed by atoms with Gasteiger partial charge >= 0.3 is 0 Å². The Kier molecular flexibility index (Phi) is 6.44. The Morgan fingerprint density at radius 1 is 0.931 bits per heavy atom. The van der Waals surface area contributed by atoms with Crippen molar-refractivity contribution in [3.8, 4) is 0 Å². The lowest BCUT2D eigenvalue weighted by atomic mass is 10.1. The number of para-hydroxylation sites is 1. The number of carbonyl (C=O) groups excluding carboxylic acids is 1. The fraction of sp³-hybridized carbons (Fsp3) is 0.261. The molecule has 2 N–H and O–H groups in total. The van der Waals surface area contributed by atoms with Gasteiger partial charge in [-0.1, -0.05) is 18.2 Å². The van der Waals surface area contributed by atoms with Gasteiger partial charge in [-0.2, -0.15) is 0 Å². The summed E-state index contributed by atoms with van der Waals surface area (Å²) in [5.41, 5.74) is 5.44. The van der Waals surface area contributed by atoms with Gasteiger partial charge in [0, 0.05) is 42.5 Å². The molecule has 0 spiro atoms. The number of anilines is 4. The molecule has 0 saturated heterocycles. The van der Waals surface area contributed by atoms with E-state index in [0.717, 1.165) is 35.6 Å². The van der Waals surface area contributed by atoms with Crippen molar-refractivity contribution in [3.63, 3.8) is 0 Å². The molecule has 3 aromatic rings. The second-order valence-corrected chi connectivity index (χ2v) is 6.86. The van der Waals surface area contributed by atoms with Crippen LogP contribution in [-0.4, -0.2) is 29.0 Å². The summed E-state index contributed by atoms with van der Waals surface area (Å²) in [6, 6.07) is 13.9. The van der Waals surface area contributed by atoms with E-state index < -0.39 is 0 Å². The quantitative estimate of drug-likeness (QED) is 0.599. The number of carbonyl (C=O) groups is 1. The molecule has 1 aromatic heterocycles. The lowest BCUT2D eigenvalue weighted by Gasteiger charge is -2.22. The van der Waals surface area contributed by atoms with Crippen molar-refractivity contribution in [2.45, 2.75) is 27.7 Å². The van der Waals surface area contributed by atoms with Crippen molar-refractivity contribution in [2.24, 2.45) is 0 Å². The standard InChI is InChI=1S/C23H27N5O/c1-5-28(6-2)19-11-12-21(17(4)13-19)27-23-24-14-18(15-25-23)22(29)26-20-10-8-7-9-16(20)3/h7-15H,5-6H2,1-4H3,(H,26,29)(H,24,25,27). The third kappa shape index (κ3) is 4.90. The normalized spacial score (nSPS) is 10.5. The number of nitrogens with one attached hydrogen (secondary N) is 2. The number of hydrogen-bond donors (Lipinski definition) is 2. The number of benzene rings is 2. The Bertz CT molecular complexity index is 981. The van der Waals surface area contributed by atoms with Gasteiger partial charge in [-0.15, -0.1) is 0 Å². The van der Waals surface area contributed by atoms with Crippen molar-refractivity contribution in [1.82, 2.24) is 9.97 Å². The zero-order valence-corrected chi connectivity index (χ0v) is 17.4. The summed E-state index contributed by atoms with van der Waals surface area (Å²) in [5, 5.41) is 6.12. The van der Waals surface area contributed by atoms with Gasteiger partial charge in [0.05, 0.1) is 5.56 Å². The van der Waals surface area contributed by atoms with E-state index in [1.165, 1.54) is 18.1 Å². The molecule has 0 atom stereocenters. The average Bonchev–Trinajstić information content (AvgIpc) is 2.73. The second kappa shape index (κ2) is 9.19. The number of amides is 1. The van der Waals surface area contributed by atoms with Gasteiger partial charge in [0.2, 0.25) is 5.95 Å². The monoisotopic (exact) mass is 389 g/mol. The van der Waals surface area contributed by atoms with Gasteiger partial charge in [0.1, 0.15) is 0 Å². The Balaban J connectivity index is 1.69. The molecule has 0 aliphatic rings. The van der Waals surface area contributed by atoms with Crippen molar-refractivity contribution >= 4 is 28.9 Å². The summed E-state index contributed by atoms with van der Waals surface area (Å²) in [6.45, 7) is 10.2. The summed E-state index contributed by atoms with van der Waals surface area (Å²) in [6.07, 6.45) is 3.06. The smallest absolute Gasteiger partial charge is 0.258 e. The molecule has 0 radical (unpaired) electrons. The molecule has 0 aliphatic carbocycles. The average molecular weight is 390 g/mol. The molecule has 2 aromatic carbocycles. The number of rotatable bonds is 7. The van der Waals surface area contributed by atoms with E-state index in [1.54, 1.807) is 0 Å². The molecule has 1 heterocycles. The topological polar surface area (TPSA) is 70.2 Å². The third-order valence-corrected chi connectivity index (χ3v) is 4.89. The first-order valence-electron chi connectivity index (χ1n) is 9.83. The molecular formula is C23H27N5O. The lowest BCUT2D eigenvalue weighted by Crippen LogP contribution is -2.21. The molecule has 6 heteroatoms. The van der Waals surface area contributed by atoms with Crippen molar-refractivity contribution in [3.05, 3.63) is 71.5 Å². The van der Waals surface area contributed by atoms with Gasteiger partial charge in [-0.05, 0) is 63.1 Å². The van der Waals surface area contributed by atoms with E-state index in [-0.39, 0.29) is 5.91 Å². The first-order chi connectivity index (χ1) is 14.0. The second-order valence-electron chi connectivity index (χ2n) is 6.86. The van der Waals surface area contributed by atoms with Crippen LogP contribution < -0.4 is 15.5 Å². The fourth-order valence-corrected chi connectivity index (χ4v) is 3.11. The van der Waals surface area contributed by atoms with Crippen LogP contribution in [0, 0.1) is 13.8 Å². The van der Waals surface area contributed by atoms with E-state index in [9.17, 15) is 4.79 Å². The third-order valence-electron chi connectivity index (χ3n) is 4.89. The van der Waals surface area contributed by atoms with E-state index in [2.05, 4.69) is 58.4 Å². The molecule has 29 heavy (non-hydrogen) atoms. The largest absolute Gasteiger partial charge is 0.372 e. The molecular weight excluding hydrogens is 362 g/mol. The highest BCUT2D eigenvalue weighted by Gasteiger charge is 2.10. The Labute approximate surface area is 172 Å².